The van der Waals surface area contributed by atoms with E-state index in [9.17, 15) is 29.8 Å². The molecule has 180 valence electrons. The van der Waals surface area contributed by atoms with Crippen LogP contribution in [0.1, 0.15) is 13.8 Å². The number of benzene rings is 2. The van der Waals surface area contributed by atoms with E-state index >= 15 is 0 Å². The second-order valence-electron chi connectivity index (χ2n) is 7.67. The quantitative estimate of drug-likeness (QED) is 0.421. The fraction of sp³-hybridized carbons (Fsp3) is 0.364. The molecule has 2 aromatic carbocycles. The molecule has 12 heteroatoms. The molecule has 0 aliphatic carbocycles. The average molecular weight is 472 g/mol. The van der Waals surface area contributed by atoms with Gasteiger partial charge in [0.05, 0.1) is 9.85 Å². The number of non-ortho nitro benzene ring substituents is 2. The van der Waals surface area contributed by atoms with Crippen LogP contribution >= 0.6 is 0 Å². The number of piperazine rings is 1. The van der Waals surface area contributed by atoms with Gasteiger partial charge in [-0.05, 0) is 38.1 Å². The second-order valence-corrected chi connectivity index (χ2v) is 7.67. The maximum atomic E-state index is 12.7. The van der Waals surface area contributed by atoms with Crippen LogP contribution in [0.4, 0.5) is 11.4 Å². The summed E-state index contributed by atoms with van der Waals surface area (Å²) in [5, 5.41) is 21.5. The van der Waals surface area contributed by atoms with Crippen LogP contribution in [0.2, 0.25) is 0 Å². The molecule has 0 bridgehead atoms. The molecule has 0 spiro atoms. The van der Waals surface area contributed by atoms with Gasteiger partial charge < -0.3 is 19.3 Å². The molecular weight excluding hydrogens is 448 g/mol. The van der Waals surface area contributed by atoms with Gasteiger partial charge in [0.2, 0.25) is 0 Å². The van der Waals surface area contributed by atoms with E-state index in [-0.39, 0.29) is 23.2 Å². The summed E-state index contributed by atoms with van der Waals surface area (Å²) >= 11 is 0. The van der Waals surface area contributed by atoms with Crippen molar-refractivity contribution in [1.82, 2.24) is 9.80 Å². The SMILES string of the molecule is CC(Oc1ccc([N+](=O)[O-])cc1)C(=O)N1CCN(C(=O)C(C)Oc2ccc([N+](=O)[O-])cc2)CC1. The molecule has 34 heavy (non-hydrogen) atoms. The molecule has 0 aromatic heterocycles. The van der Waals surface area contributed by atoms with Crippen LogP contribution in [0.15, 0.2) is 48.5 Å². The molecule has 2 amide bonds. The minimum atomic E-state index is -0.798. The van der Waals surface area contributed by atoms with Crippen molar-refractivity contribution in [2.45, 2.75) is 26.1 Å². The second kappa shape index (κ2) is 10.6. The topological polar surface area (TPSA) is 145 Å². The van der Waals surface area contributed by atoms with Crippen LogP contribution < -0.4 is 9.47 Å². The van der Waals surface area contributed by atoms with Gasteiger partial charge in [0.25, 0.3) is 23.2 Å². The van der Waals surface area contributed by atoms with Crippen molar-refractivity contribution in [3.8, 4) is 11.5 Å². The Hall–Kier alpha value is -4.22. The van der Waals surface area contributed by atoms with Gasteiger partial charge in [-0.2, -0.15) is 0 Å². The number of rotatable bonds is 8. The zero-order chi connectivity index (χ0) is 24.8. The highest BCUT2D eigenvalue weighted by Gasteiger charge is 2.30. The van der Waals surface area contributed by atoms with Crippen LogP contribution in [-0.2, 0) is 9.59 Å². The Morgan fingerprint density at radius 3 is 1.26 bits per heavy atom. The first-order chi connectivity index (χ1) is 16.2. The molecule has 1 aliphatic rings. The molecule has 0 saturated carbocycles. The van der Waals surface area contributed by atoms with Crippen LogP contribution in [0, 0.1) is 20.2 Å². The summed E-state index contributed by atoms with van der Waals surface area (Å²) in [6.45, 7) is 4.49. The summed E-state index contributed by atoms with van der Waals surface area (Å²) in [5.41, 5.74) is -0.141. The molecule has 2 unspecified atom stereocenters. The predicted molar refractivity (Wildman–Crippen MR) is 120 cm³/mol. The third-order valence-electron chi connectivity index (χ3n) is 5.32. The third-order valence-corrected chi connectivity index (χ3v) is 5.32. The van der Waals surface area contributed by atoms with E-state index in [0.717, 1.165) is 0 Å². The Morgan fingerprint density at radius 1 is 0.706 bits per heavy atom. The number of amides is 2. The first kappa shape index (κ1) is 24.4. The maximum Gasteiger partial charge on any atom is 0.269 e. The number of nitro groups is 2. The largest absolute Gasteiger partial charge is 0.481 e. The van der Waals surface area contributed by atoms with Crippen molar-refractivity contribution < 1.29 is 28.9 Å². The van der Waals surface area contributed by atoms with Crippen LogP contribution in [-0.4, -0.2) is 69.8 Å². The Labute approximate surface area is 195 Å². The molecule has 3 rings (SSSR count). The summed E-state index contributed by atoms with van der Waals surface area (Å²) < 4.78 is 11.2. The maximum absolute atomic E-state index is 12.7. The minimum absolute atomic E-state index is 0.0705. The minimum Gasteiger partial charge on any atom is -0.481 e. The molecule has 0 radical (unpaired) electrons. The van der Waals surface area contributed by atoms with E-state index in [0.29, 0.717) is 37.7 Å². The van der Waals surface area contributed by atoms with E-state index in [1.165, 1.54) is 48.5 Å². The molecule has 1 fully saturated rings. The number of nitro benzene ring substituents is 2. The monoisotopic (exact) mass is 472 g/mol. The van der Waals surface area contributed by atoms with Crippen LogP contribution in [0.25, 0.3) is 0 Å². The predicted octanol–water partition coefficient (Wildman–Crippen LogP) is 2.41. The average Bonchev–Trinajstić information content (AvgIpc) is 2.83. The molecule has 1 heterocycles. The van der Waals surface area contributed by atoms with E-state index in [2.05, 4.69) is 0 Å². The van der Waals surface area contributed by atoms with Crippen molar-refractivity contribution >= 4 is 23.2 Å². The van der Waals surface area contributed by atoms with Gasteiger partial charge in [0, 0.05) is 50.4 Å². The van der Waals surface area contributed by atoms with Gasteiger partial charge in [-0.25, -0.2) is 0 Å². The van der Waals surface area contributed by atoms with E-state index in [1.807, 2.05) is 0 Å². The van der Waals surface area contributed by atoms with Gasteiger partial charge in [-0.1, -0.05) is 0 Å². The Kier molecular flexibility index (Phi) is 7.61. The highest BCUT2D eigenvalue weighted by atomic mass is 16.6. The lowest BCUT2D eigenvalue weighted by atomic mass is 10.2. The highest BCUT2D eigenvalue weighted by molar-refractivity contribution is 5.83. The van der Waals surface area contributed by atoms with Crippen LogP contribution in [0.5, 0.6) is 11.5 Å². The molecule has 0 N–H and O–H groups in total. The van der Waals surface area contributed by atoms with Crippen molar-refractivity contribution in [2.75, 3.05) is 26.2 Å². The molecule has 2 aromatic rings. The van der Waals surface area contributed by atoms with Crippen molar-refractivity contribution in [2.24, 2.45) is 0 Å². The fourth-order valence-corrected chi connectivity index (χ4v) is 3.46. The van der Waals surface area contributed by atoms with Gasteiger partial charge in [0.15, 0.2) is 12.2 Å². The highest BCUT2D eigenvalue weighted by Crippen LogP contribution is 2.20. The zero-order valence-corrected chi connectivity index (χ0v) is 18.7. The van der Waals surface area contributed by atoms with E-state index in [4.69, 9.17) is 9.47 Å². The number of ether oxygens (including phenoxy) is 2. The van der Waals surface area contributed by atoms with Crippen molar-refractivity contribution in [3.05, 3.63) is 68.8 Å². The lowest BCUT2D eigenvalue weighted by Crippen LogP contribution is -2.55. The Balaban J connectivity index is 1.48. The lowest BCUT2D eigenvalue weighted by molar-refractivity contribution is -0.385. The summed E-state index contributed by atoms with van der Waals surface area (Å²) in [5.74, 6) is 0.191. The molecule has 1 aliphatic heterocycles. The fourth-order valence-electron chi connectivity index (χ4n) is 3.46. The van der Waals surface area contributed by atoms with Crippen molar-refractivity contribution in [3.63, 3.8) is 0 Å². The standard InChI is InChI=1S/C22H24N4O8/c1-15(33-19-7-3-17(4-8-19)25(29)30)21(27)23-11-13-24(14-12-23)22(28)16(2)34-20-9-5-18(6-10-20)26(31)32/h3-10,15-16H,11-14H2,1-2H3. The summed E-state index contributed by atoms with van der Waals surface area (Å²) in [6, 6.07) is 11.0. The first-order valence-electron chi connectivity index (χ1n) is 10.6. The van der Waals surface area contributed by atoms with Gasteiger partial charge in [0.1, 0.15) is 11.5 Å². The van der Waals surface area contributed by atoms with Crippen molar-refractivity contribution in [1.29, 1.82) is 0 Å². The Morgan fingerprint density at radius 2 is 1.00 bits per heavy atom. The molecule has 1 saturated heterocycles. The van der Waals surface area contributed by atoms with Gasteiger partial charge >= 0.3 is 0 Å². The number of carbonyl (C=O) groups is 2. The summed E-state index contributed by atoms with van der Waals surface area (Å²) in [4.78, 5) is 49.1. The normalized spacial score (nSPS) is 15.2. The molecule has 12 nitrogen and oxygen atoms in total. The molecular formula is C22H24N4O8. The van der Waals surface area contributed by atoms with Crippen LogP contribution in [0.3, 0.4) is 0 Å². The summed E-state index contributed by atoms with van der Waals surface area (Å²) in [6.07, 6.45) is -1.60. The zero-order valence-electron chi connectivity index (χ0n) is 18.7. The molecule has 2 atom stereocenters. The number of carbonyl (C=O) groups excluding carboxylic acids is 2. The lowest BCUT2D eigenvalue weighted by Gasteiger charge is -2.36. The Bertz CT molecular complexity index is 964. The summed E-state index contributed by atoms with van der Waals surface area (Å²) in [7, 11) is 0. The van der Waals surface area contributed by atoms with Gasteiger partial charge in [-0.3, -0.25) is 29.8 Å². The third kappa shape index (κ3) is 5.97. The van der Waals surface area contributed by atoms with Gasteiger partial charge in [-0.15, -0.1) is 0 Å². The first-order valence-corrected chi connectivity index (χ1v) is 10.6. The number of nitrogens with zero attached hydrogens (tertiary/aromatic N) is 4. The number of hydrogen-bond acceptors (Lipinski definition) is 8. The smallest absolute Gasteiger partial charge is 0.269 e. The number of hydrogen-bond donors (Lipinski definition) is 0. The van der Waals surface area contributed by atoms with E-state index < -0.39 is 22.1 Å². The van der Waals surface area contributed by atoms with E-state index in [1.54, 1.807) is 23.6 Å².